The smallest absolute Gasteiger partial charge is 0.121 e. The third-order valence-corrected chi connectivity index (χ3v) is 5.73. The molecule has 0 bridgehead atoms. The maximum atomic E-state index is 6.16. The lowest BCUT2D eigenvalue weighted by Crippen LogP contribution is -2.29. The first-order valence-electron chi connectivity index (χ1n) is 6.52. The van der Waals surface area contributed by atoms with Crippen LogP contribution in [0.5, 0.6) is 0 Å². The fraction of sp³-hybridized carbons (Fsp3) is 0.846. The third kappa shape index (κ3) is 11.1. The van der Waals surface area contributed by atoms with Crippen molar-refractivity contribution in [3.8, 4) is 0 Å². The molecule has 0 aromatic heterocycles. The molecule has 2 nitrogen and oxygen atoms in total. The largest absolute Gasteiger partial charge is 0.324 e. The SMILES string of the molecule is C=[P+](C)CC(N)CCC(N)C[P+](C)=CCCC. The molecule has 0 aliphatic heterocycles. The minimum atomic E-state index is -0.113. The minimum Gasteiger partial charge on any atom is -0.324 e. The highest BCUT2D eigenvalue weighted by atomic mass is 31.1. The number of unbranched alkanes of at least 4 members (excludes halogenated alkanes) is 1. The molecular formula is C13H30N2P2+2. The van der Waals surface area contributed by atoms with Crippen molar-refractivity contribution in [2.24, 2.45) is 11.5 Å². The standard InChI is InChI=1S/C13H30N2P2/c1-5-6-9-17(4)11-13(15)8-7-12(14)10-16(2)3/h9,12-13H,2,5-8,10-11,14-15H2,1,3-4H3/q+2. The van der Waals surface area contributed by atoms with Gasteiger partial charge in [0.2, 0.25) is 0 Å². The van der Waals surface area contributed by atoms with E-state index in [4.69, 9.17) is 11.5 Å². The van der Waals surface area contributed by atoms with Crippen LogP contribution in [0.3, 0.4) is 0 Å². The second-order valence-corrected chi connectivity index (χ2v) is 9.37. The molecule has 0 spiro atoms. The van der Waals surface area contributed by atoms with Crippen LogP contribution < -0.4 is 11.5 Å². The summed E-state index contributed by atoms with van der Waals surface area (Å²) >= 11 is 0. The highest BCUT2D eigenvalue weighted by Crippen LogP contribution is 2.20. The summed E-state index contributed by atoms with van der Waals surface area (Å²) in [6.07, 6.45) is 10.9. The number of rotatable bonds is 9. The Morgan fingerprint density at radius 3 is 2.12 bits per heavy atom. The van der Waals surface area contributed by atoms with Crippen LogP contribution in [-0.4, -0.2) is 49.8 Å². The molecule has 4 unspecified atom stereocenters. The second kappa shape index (κ2) is 10.2. The van der Waals surface area contributed by atoms with Gasteiger partial charge in [-0.2, -0.15) is 0 Å². The molecule has 100 valence electrons. The van der Waals surface area contributed by atoms with Crippen LogP contribution in [0.4, 0.5) is 0 Å². The molecule has 0 radical (unpaired) electrons. The van der Waals surface area contributed by atoms with Crippen LogP contribution in [0.2, 0.25) is 0 Å². The molecule has 0 rings (SSSR count). The van der Waals surface area contributed by atoms with Crippen LogP contribution in [-0.2, 0) is 0 Å². The number of nitrogens with two attached hydrogens (primary N) is 2. The first-order valence-corrected chi connectivity index (χ1v) is 10.7. The average molecular weight is 276 g/mol. The molecule has 0 aromatic carbocycles. The number of hydrogen-bond donors (Lipinski definition) is 2. The summed E-state index contributed by atoms with van der Waals surface area (Å²) < 4.78 is 0. The van der Waals surface area contributed by atoms with Crippen molar-refractivity contribution >= 4 is 27.2 Å². The first-order chi connectivity index (χ1) is 7.95. The lowest BCUT2D eigenvalue weighted by molar-refractivity contribution is 0.571. The van der Waals surface area contributed by atoms with Gasteiger partial charge in [-0.15, -0.1) is 0 Å². The van der Waals surface area contributed by atoms with Crippen LogP contribution in [0.1, 0.15) is 32.6 Å². The fourth-order valence-electron chi connectivity index (χ4n) is 1.80. The molecule has 4 atom stereocenters. The van der Waals surface area contributed by atoms with Gasteiger partial charge in [0, 0.05) is 18.5 Å². The molecule has 0 heterocycles. The van der Waals surface area contributed by atoms with Gasteiger partial charge < -0.3 is 11.5 Å². The Morgan fingerprint density at radius 2 is 1.65 bits per heavy atom. The summed E-state index contributed by atoms with van der Waals surface area (Å²) in [7, 11) is -0.0859. The van der Waals surface area contributed by atoms with E-state index in [0.29, 0.717) is 12.1 Å². The van der Waals surface area contributed by atoms with Gasteiger partial charge in [0.15, 0.2) is 0 Å². The molecule has 0 saturated heterocycles. The van der Waals surface area contributed by atoms with Gasteiger partial charge in [0.05, 0.1) is 40.5 Å². The maximum Gasteiger partial charge on any atom is 0.121 e. The van der Waals surface area contributed by atoms with Crippen molar-refractivity contribution in [1.29, 1.82) is 0 Å². The van der Waals surface area contributed by atoms with E-state index in [1.807, 2.05) is 0 Å². The Hall–Kier alpha value is 0.260. The summed E-state index contributed by atoms with van der Waals surface area (Å²) in [4.78, 5) is 0. The molecule has 4 heteroatoms. The predicted octanol–water partition coefficient (Wildman–Crippen LogP) is 2.68. The van der Waals surface area contributed by atoms with Gasteiger partial charge in [0.1, 0.15) is 12.3 Å². The molecule has 0 aliphatic rings. The lowest BCUT2D eigenvalue weighted by atomic mass is 10.1. The summed E-state index contributed by atoms with van der Waals surface area (Å²) in [5, 5.41) is 0. The van der Waals surface area contributed by atoms with Crippen molar-refractivity contribution in [3.05, 3.63) is 0 Å². The lowest BCUT2D eigenvalue weighted by Gasteiger charge is -2.10. The van der Waals surface area contributed by atoms with Crippen LogP contribution in [0.15, 0.2) is 0 Å². The van der Waals surface area contributed by atoms with E-state index in [2.05, 4.69) is 32.3 Å². The molecule has 0 saturated carbocycles. The molecule has 0 fully saturated rings. The average Bonchev–Trinajstić information content (AvgIpc) is 2.22. The van der Waals surface area contributed by atoms with Crippen LogP contribution in [0.25, 0.3) is 0 Å². The predicted molar refractivity (Wildman–Crippen MR) is 88.7 cm³/mol. The highest BCUT2D eigenvalue weighted by molar-refractivity contribution is 7.56. The summed E-state index contributed by atoms with van der Waals surface area (Å²) in [6, 6.07) is 0.635. The van der Waals surface area contributed by atoms with Gasteiger partial charge in [-0.25, -0.2) is 0 Å². The summed E-state index contributed by atoms with van der Waals surface area (Å²) in [5.41, 5.74) is 12.2. The van der Waals surface area contributed by atoms with E-state index in [1.165, 1.54) is 12.8 Å². The third-order valence-electron chi connectivity index (χ3n) is 2.71. The zero-order chi connectivity index (χ0) is 13.3. The maximum absolute atomic E-state index is 6.16. The Labute approximate surface area is 109 Å². The molecule has 17 heavy (non-hydrogen) atoms. The van der Waals surface area contributed by atoms with Gasteiger partial charge >= 0.3 is 0 Å². The van der Waals surface area contributed by atoms with Gasteiger partial charge in [-0.3, -0.25) is 0 Å². The Bertz CT molecular complexity index is 252. The van der Waals surface area contributed by atoms with Crippen molar-refractivity contribution < 1.29 is 0 Å². The van der Waals surface area contributed by atoms with E-state index in [0.717, 1.165) is 25.2 Å². The van der Waals surface area contributed by atoms with E-state index in [9.17, 15) is 0 Å². The normalized spacial score (nSPS) is 16.8. The fourth-order valence-corrected chi connectivity index (χ4v) is 4.56. The molecular weight excluding hydrogens is 246 g/mol. The quantitative estimate of drug-likeness (QED) is 0.636. The van der Waals surface area contributed by atoms with Crippen molar-refractivity contribution in [2.75, 3.05) is 25.7 Å². The molecule has 4 N–H and O–H groups in total. The van der Waals surface area contributed by atoms with Gasteiger partial charge in [0.25, 0.3) is 0 Å². The van der Waals surface area contributed by atoms with Gasteiger partial charge in [-0.05, 0) is 19.3 Å². The van der Waals surface area contributed by atoms with Crippen molar-refractivity contribution in [1.82, 2.24) is 0 Å². The minimum absolute atomic E-state index is 0.0275. The van der Waals surface area contributed by atoms with Crippen LogP contribution in [0, 0.1) is 0 Å². The molecule has 0 aromatic rings. The monoisotopic (exact) mass is 276 g/mol. The Kier molecular flexibility index (Phi) is 10.4. The van der Waals surface area contributed by atoms with Crippen molar-refractivity contribution in [2.45, 2.75) is 44.7 Å². The zero-order valence-corrected chi connectivity index (χ0v) is 13.5. The first kappa shape index (κ1) is 17.3. The molecule has 0 amide bonds. The summed E-state index contributed by atoms with van der Waals surface area (Å²) in [5.74, 6) is 2.45. The van der Waals surface area contributed by atoms with Crippen molar-refractivity contribution in [3.63, 3.8) is 0 Å². The van der Waals surface area contributed by atoms with Gasteiger partial charge in [-0.1, -0.05) is 6.92 Å². The van der Waals surface area contributed by atoms with E-state index in [-0.39, 0.29) is 15.1 Å². The van der Waals surface area contributed by atoms with E-state index < -0.39 is 0 Å². The zero-order valence-electron chi connectivity index (χ0n) is 11.7. The second-order valence-electron chi connectivity index (χ2n) is 5.05. The van der Waals surface area contributed by atoms with Crippen LogP contribution >= 0.6 is 15.1 Å². The summed E-state index contributed by atoms with van der Waals surface area (Å²) in [6.45, 7) is 6.73. The van der Waals surface area contributed by atoms with E-state index >= 15 is 0 Å². The van der Waals surface area contributed by atoms with E-state index in [1.54, 1.807) is 0 Å². The molecule has 0 aliphatic carbocycles. The Balaban J connectivity index is 3.78. The number of hydrogen-bond acceptors (Lipinski definition) is 2. The Morgan fingerprint density at radius 1 is 1.12 bits per heavy atom. The highest BCUT2D eigenvalue weighted by Gasteiger charge is 2.14. The topological polar surface area (TPSA) is 52.0 Å².